The zero-order valence-corrected chi connectivity index (χ0v) is 11.3. The summed E-state index contributed by atoms with van der Waals surface area (Å²) in [6.45, 7) is 5.82. The van der Waals surface area contributed by atoms with Gasteiger partial charge in [0.15, 0.2) is 5.22 Å². The number of hydrogen-bond acceptors (Lipinski definition) is 4. The van der Waals surface area contributed by atoms with Gasteiger partial charge in [-0.3, -0.25) is 0 Å². The lowest BCUT2D eigenvalue weighted by atomic mass is 10.1. The maximum absolute atomic E-state index is 6.06. The van der Waals surface area contributed by atoms with Crippen molar-refractivity contribution in [2.45, 2.75) is 32.9 Å². The molecule has 0 amide bonds. The predicted octanol–water partition coefficient (Wildman–Crippen LogP) is 2.63. The zero-order valence-electron chi connectivity index (χ0n) is 10.6. The van der Waals surface area contributed by atoms with Gasteiger partial charge in [0.2, 0.25) is 0 Å². The molecule has 6 heteroatoms. The van der Waals surface area contributed by atoms with Crippen LogP contribution in [-0.2, 0) is 6.54 Å². The van der Waals surface area contributed by atoms with Crippen molar-refractivity contribution in [2.24, 2.45) is 0 Å². The summed E-state index contributed by atoms with van der Waals surface area (Å²) in [7, 11) is 0. The number of aryl methyl sites for hydroxylation is 1. The second-order valence-corrected chi connectivity index (χ2v) is 4.37. The number of halogens is 1. The first-order valence-electron chi connectivity index (χ1n) is 6.12. The van der Waals surface area contributed by atoms with Crippen LogP contribution in [0, 0.1) is 0 Å². The fraction of sp³-hybridized carbons (Fsp3) is 0.500. The molecule has 2 rings (SSSR count). The molecular weight excluding hydrogens is 252 g/mol. The van der Waals surface area contributed by atoms with Crippen LogP contribution in [0.3, 0.4) is 0 Å². The Morgan fingerprint density at radius 2 is 2.33 bits per heavy atom. The van der Waals surface area contributed by atoms with Gasteiger partial charge in [-0.1, -0.05) is 19.1 Å². The number of aromatic nitrogens is 3. The molecule has 1 unspecified atom stereocenters. The maximum atomic E-state index is 6.06. The molecule has 0 aliphatic rings. The van der Waals surface area contributed by atoms with Gasteiger partial charge in [0.25, 0.3) is 0 Å². The first kappa shape index (κ1) is 13.1. The Balaban J connectivity index is 2.35. The third-order valence-electron chi connectivity index (χ3n) is 2.74. The van der Waals surface area contributed by atoms with Gasteiger partial charge in [-0.25, -0.2) is 4.68 Å². The molecule has 0 aliphatic carbocycles. The molecule has 0 aliphatic heterocycles. The number of hydrogen-bond donors (Lipinski definition) is 1. The standard InChI is InChI=1S/C12H17ClN4O/c1-3-6-17-10(8-15-16-17)11(14-4-2)9-5-7-18-12(9)13/h5,7-8,11,14H,3-4,6H2,1-2H3. The molecule has 98 valence electrons. The molecule has 1 N–H and O–H groups in total. The molecule has 0 radical (unpaired) electrons. The van der Waals surface area contributed by atoms with Crippen LogP contribution in [0.4, 0.5) is 0 Å². The average Bonchev–Trinajstić information content (AvgIpc) is 2.96. The van der Waals surface area contributed by atoms with Gasteiger partial charge in [0.1, 0.15) is 0 Å². The van der Waals surface area contributed by atoms with E-state index in [4.69, 9.17) is 16.0 Å². The molecule has 0 bridgehead atoms. The summed E-state index contributed by atoms with van der Waals surface area (Å²) in [5.74, 6) is 0. The molecule has 1 atom stereocenters. The minimum Gasteiger partial charge on any atom is -0.453 e. The van der Waals surface area contributed by atoms with Gasteiger partial charge in [-0.05, 0) is 30.6 Å². The van der Waals surface area contributed by atoms with Crippen LogP contribution in [-0.4, -0.2) is 21.5 Å². The van der Waals surface area contributed by atoms with E-state index in [1.807, 2.05) is 10.7 Å². The fourth-order valence-electron chi connectivity index (χ4n) is 1.96. The second kappa shape index (κ2) is 6.02. The molecule has 0 spiro atoms. The van der Waals surface area contributed by atoms with Crippen LogP contribution >= 0.6 is 11.6 Å². The summed E-state index contributed by atoms with van der Waals surface area (Å²) in [4.78, 5) is 0. The summed E-state index contributed by atoms with van der Waals surface area (Å²) < 4.78 is 7.06. The maximum Gasteiger partial charge on any atom is 0.198 e. The molecule has 2 aromatic heterocycles. The van der Waals surface area contributed by atoms with Crippen molar-refractivity contribution in [2.75, 3.05) is 6.54 Å². The van der Waals surface area contributed by atoms with Crippen LogP contribution in [0.25, 0.3) is 0 Å². The van der Waals surface area contributed by atoms with Crippen LogP contribution in [0.15, 0.2) is 22.9 Å². The van der Waals surface area contributed by atoms with Crippen molar-refractivity contribution >= 4 is 11.6 Å². The van der Waals surface area contributed by atoms with Gasteiger partial charge in [-0.2, -0.15) is 0 Å². The van der Waals surface area contributed by atoms with E-state index in [1.54, 1.807) is 12.5 Å². The summed E-state index contributed by atoms with van der Waals surface area (Å²) in [5, 5.41) is 11.9. The summed E-state index contributed by atoms with van der Waals surface area (Å²) in [6, 6.07) is 1.83. The van der Waals surface area contributed by atoms with Crippen LogP contribution in [0.5, 0.6) is 0 Å². The number of rotatable bonds is 6. The second-order valence-electron chi connectivity index (χ2n) is 4.02. The minimum atomic E-state index is -0.0391. The highest BCUT2D eigenvalue weighted by molar-refractivity contribution is 6.29. The van der Waals surface area contributed by atoms with Crippen LogP contribution in [0.1, 0.15) is 37.6 Å². The molecule has 0 saturated heterocycles. The summed E-state index contributed by atoms with van der Waals surface area (Å²) in [5.41, 5.74) is 1.92. The normalized spacial score (nSPS) is 12.8. The molecule has 18 heavy (non-hydrogen) atoms. The van der Waals surface area contributed by atoms with Gasteiger partial charge in [-0.15, -0.1) is 5.10 Å². The third kappa shape index (κ3) is 2.57. The van der Waals surface area contributed by atoms with Crippen molar-refractivity contribution in [1.82, 2.24) is 20.3 Å². The first-order chi connectivity index (χ1) is 8.77. The minimum absolute atomic E-state index is 0.0391. The van der Waals surface area contributed by atoms with E-state index < -0.39 is 0 Å². The Hall–Kier alpha value is -1.33. The number of nitrogens with one attached hydrogen (secondary N) is 1. The van der Waals surface area contributed by atoms with Crippen molar-refractivity contribution in [3.05, 3.63) is 35.0 Å². The lowest BCUT2D eigenvalue weighted by Crippen LogP contribution is -2.24. The number of nitrogens with zero attached hydrogens (tertiary/aromatic N) is 3. The van der Waals surface area contributed by atoms with E-state index in [0.717, 1.165) is 30.8 Å². The average molecular weight is 269 g/mol. The molecular formula is C12H17ClN4O. The molecule has 0 saturated carbocycles. The molecule has 2 aromatic rings. The van der Waals surface area contributed by atoms with Gasteiger partial charge in [0.05, 0.1) is 24.2 Å². The van der Waals surface area contributed by atoms with Crippen LogP contribution < -0.4 is 5.32 Å². The molecule has 0 aromatic carbocycles. The highest BCUT2D eigenvalue weighted by atomic mass is 35.5. The molecule has 2 heterocycles. The smallest absolute Gasteiger partial charge is 0.198 e. The highest BCUT2D eigenvalue weighted by Crippen LogP contribution is 2.28. The highest BCUT2D eigenvalue weighted by Gasteiger charge is 2.22. The fourth-order valence-corrected chi connectivity index (χ4v) is 2.19. The first-order valence-corrected chi connectivity index (χ1v) is 6.50. The largest absolute Gasteiger partial charge is 0.453 e. The summed E-state index contributed by atoms with van der Waals surface area (Å²) >= 11 is 6.06. The quantitative estimate of drug-likeness (QED) is 0.875. The van der Waals surface area contributed by atoms with E-state index >= 15 is 0 Å². The van der Waals surface area contributed by atoms with E-state index in [0.29, 0.717) is 5.22 Å². The van der Waals surface area contributed by atoms with Gasteiger partial charge >= 0.3 is 0 Å². The van der Waals surface area contributed by atoms with Crippen molar-refractivity contribution < 1.29 is 4.42 Å². The molecule has 5 nitrogen and oxygen atoms in total. The predicted molar refractivity (Wildman–Crippen MR) is 69.6 cm³/mol. The molecule has 0 fully saturated rings. The van der Waals surface area contributed by atoms with Gasteiger partial charge < -0.3 is 9.73 Å². The Bertz CT molecular complexity index is 494. The topological polar surface area (TPSA) is 55.9 Å². The number of furan rings is 1. The third-order valence-corrected chi connectivity index (χ3v) is 3.05. The monoisotopic (exact) mass is 268 g/mol. The van der Waals surface area contributed by atoms with Crippen molar-refractivity contribution in [3.8, 4) is 0 Å². The Morgan fingerprint density at radius 3 is 2.94 bits per heavy atom. The zero-order chi connectivity index (χ0) is 13.0. The van der Waals surface area contributed by atoms with Crippen LogP contribution in [0.2, 0.25) is 5.22 Å². The van der Waals surface area contributed by atoms with Crippen molar-refractivity contribution in [1.29, 1.82) is 0 Å². The van der Waals surface area contributed by atoms with E-state index in [2.05, 4.69) is 29.5 Å². The lowest BCUT2D eigenvalue weighted by Gasteiger charge is -2.17. The van der Waals surface area contributed by atoms with E-state index in [1.165, 1.54) is 0 Å². The Morgan fingerprint density at radius 1 is 1.50 bits per heavy atom. The van der Waals surface area contributed by atoms with E-state index in [-0.39, 0.29) is 6.04 Å². The van der Waals surface area contributed by atoms with Crippen molar-refractivity contribution in [3.63, 3.8) is 0 Å². The van der Waals surface area contributed by atoms with E-state index in [9.17, 15) is 0 Å². The SMILES string of the molecule is CCCn1nncc1C(NCC)c1ccoc1Cl. The lowest BCUT2D eigenvalue weighted by molar-refractivity contribution is 0.505. The summed E-state index contributed by atoms with van der Waals surface area (Å²) in [6.07, 6.45) is 4.37. The Kier molecular flexibility index (Phi) is 4.38. The Labute approximate surface area is 111 Å². The van der Waals surface area contributed by atoms with Gasteiger partial charge in [0, 0.05) is 12.1 Å².